The van der Waals surface area contributed by atoms with Gasteiger partial charge in [-0.1, -0.05) is 33.1 Å². The molecule has 0 aliphatic carbocycles. The Morgan fingerprint density at radius 1 is 1.30 bits per heavy atom. The Morgan fingerprint density at radius 3 is 2.90 bits per heavy atom. The number of carbonyl (C=O) groups is 1. The highest BCUT2D eigenvalue weighted by molar-refractivity contribution is 5.97. The molecule has 20 heavy (non-hydrogen) atoms. The first-order valence-corrected chi connectivity index (χ1v) is 7.48. The molecule has 0 bridgehead atoms. The Kier molecular flexibility index (Phi) is 5.16. The van der Waals surface area contributed by atoms with Crippen LogP contribution in [0.15, 0.2) is 24.5 Å². The van der Waals surface area contributed by atoms with Gasteiger partial charge in [0.1, 0.15) is 0 Å². The molecule has 4 nitrogen and oxygen atoms in total. The number of hydrogen-bond acceptors (Lipinski definition) is 2. The molecule has 0 fully saturated rings. The highest BCUT2D eigenvalue weighted by Crippen LogP contribution is 2.13. The molecule has 108 valence electrons. The van der Waals surface area contributed by atoms with Gasteiger partial charge in [0.05, 0.1) is 17.4 Å². The molecular weight excluding hydrogens is 250 g/mol. The zero-order valence-electron chi connectivity index (χ0n) is 12.3. The SMILES string of the molecule is CCCCC(CCC)NC(=O)c1ccc2nc[nH]c2c1. The van der Waals surface area contributed by atoms with E-state index in [1.165, 1.54) is 0 Å². The van der Waals surface area contributed by atoms with E-state index in [2.05, 4.69) is 29.1 Å². The Labute approximate surface area is 120 Å². The molecule has 2 N–H and O–H groups in total. The third-order valence-electron chi connectivity index (χ3n) is 3.56. The first kappa shape index (κ1) is 14.6. The van der Waals surface area contributed by atoms with Crippen LogP contribution in [-0.2, 0) is 0 Å². The molecule has 1 aromatic heterocycles. The number of rotatable bonds is 7. The topological polar surface area (TPSA) is 57.8 Å². The van der Waals surface area contributed by atoms with Crippen LogP contribution in [-0.4, -0.2) is 21.9 Å². The first-order valence-electron chi connectivity index (χ1n) is 7.48. The van der Waals surface area contributed by atoms with E-state index in [1.54, 1.807) is 6.33 Å². The Morgan fingerprint density at radius 2 is 2.15 bits per heavy atom. The maximum absolute atomic E-state index is 12.3. The Bertz CT molecular complexity index is 562. The van der Waals surface area contributed by atoms with Gasteiger partial charge in [0, 0.05) is 11.6 Å². The molecule has 0 aliphatic rings. The smallest absolute Gasteiger partial charge is 0.251 e. The molecule has 1 unspecified atom stereocenters. The minimum atomic E-state index is 0.0102. The van der Waals surface area contributed by atoms with Gasteiger partial charge in [-0.2, -0.15) is 0 Å². The number of nitrogens with zero attached hydrogens (tertiary/aromatic N) is 1. The van der Waals surface area contributed by atoms with E-state index in [9.17, 15) is 4.79 Å². The monoisotopic (exact) mass is 273 g/mol. The number of aromatic amines is 1. The molecule has 0 saturated carbocycles. The summed E-state index contributed by atoms with van der Waals surface area (Å²) in [6.45, 7) is 4.33. The number of imidazole rings is 1. The second-order valence-electron chi connectivity index (χ2n) is 5.24. The predicted molar refractivity (Wildman–Crippen MR) is 81.8 cm³/mol. The van der Waals surface area contributed by atoms with Crippen LogP contribution in [0.4, 0.5) is 0 Å². The van der Waals surface area contributed by atoms with Crippen molar-refractivity contribution >= 4 is 16.9 Å². The van der Waals surface area contributed by atoms with Crippen LogP contribution in [0.1, 0.15) is 56.3 Å². The van der Waals surface area contributed by atoms with E-state index < -0.39 is 0 Å². The lowest BCUT2D eigenvalue weighted by molar-refractivity contribution is 0.0932. The maximum Gasteiger partial charge on any atom is 0.251 e. The molecule has 1 atom stereocenters. The van der Waals surface area contributed by atoms with E-state index in [0.717, 1.165) is 43.1 Å². The summed E-state index contributed by atoms with van der Waals surface area (Å²) < 4.78 is 0. The van der Waals surface area contributed by atoms with Crippen molar-refractivity contribution in [2.75, 3.05) is 0 Å². The van der Waals surface area contributed by atoms with Gasteiger partial charge in [-0.3, -0.25) is 4.79 Å². The zero-order chi connectivity index (χ0) is 14.4. The predicted octanol–water partition coefficient (Wildman–Crippen LogP) is 3.65. The van der Waals surface area contributed by atoms with Crippen LogP contribution >= 0.6 is 0 Å². The van der Waals surface area contributed by atoms with Gasteiger partial charge in [-0.15, -0.1) is 0 Å². The second-order valence-corrected chi connectivity index (χ2v) is 5.24. The van der Waals surface area contributed by atoms with Crippen molar-refractivity contribution in [1.82, 2.24) is 15.3 Å². The number of nitrogens with one attached hydrogen (secondary N) is 2. The van der Waals surface area contributed by atoms with E-state index in [4.69, 9.17) is 0 Å². The van der Waals surface area contributed by atoms with Crippen LogP contribution in [0.25, 0.3) is 11.0 Å². The second kappa shape index (κ2) is 7.08. The van der Waals surface area contributed by atoms with Gasteiger partial charge < -0.3 is 10.3 Å². The van der Waals surface area contributed by atoms with Crippen LogP contribution in [0.2, 0.25) is 0 Å². The highest BCUT2D eigenvalue weighted by Gasteiger charge is 2.13. The van der Waals surface area contributed by atoms with Gasteiger partial charge in [0.15, 0.2) is 0 Å². The standard InChI is InChI=1S/C16H23N3O/c1-3-5-7-13(6-4-2)19-16(20)12-8-9-14-15(10-12)18-11-17-14/h8-11,13H,3-7H2,1-2H3,(H,17,18)(H,19,20). The largest absolute Gasteiger partial charge is 0.349 e. The van der Waals surface area contributed by atoms with Crippen molar-refractivity contribution < 1.29 is 4.79 Å². The third kappa shape index (κ3) is 3.59. The lowest BCUT2D eigenvalue weighted by Crippen LogP contribution is -2.34. The number of unbranched alkanes of at least 4 members (excludes halogenated alkanes) is 1. The maximum atomic E-state index is 12.3. The molecule has 1 aromatic carbocycles. The normalized spacial score (nSPS) is 12.5. The lowest BCUT2D eigenvalue weighted by Gasteiger charge is -2.17. The molecule has 0 spiro atoms. The summed E-state index contributed by atoms with van der Waals surface area (Å²) in [5.74, 6) is 0.0102. The number of hydrogen-bond donors (Lipinski definition) is 2. The van der Waals surface area contributed by atoms with Crippen LogP contribution < -0.4 is 5.32 Å². The molecule has 4 heteroatoms. The van der Waals surface area contributed by atoms with Crippen molar-refractivity contribution in [3.63, 3.8) is 0 Å². The number of benzene rings is 1. The van der Waals surface area contributed by atoms with E-state index in [-0.39, 0.29) is 11.9 Å². The molecule has 0 radical (unpaired) electrons. The van der Waals surface area contributed by atoms with E-state index in [0.29, 0.717) is 5.56 Å². The summed E-state index contributed by atoms with van der Waals surface area (Å²) in [6.07, 6.45) is 7.16. The summed E-state index contributed by atoms with van der Waals surface area (Å²) in [5.41, 5.74) is 2.48. The fraction of sp³-hybridized carbons (Fsp3) is 0.500. The first-order chi connectivity index (χ1) is 9.74. The fourth-order valence-corrected chi connectivity index (χ4v) is 2.43. The van der Waals surface area contributed by atoms with Gasteiger partial charge in [0.25, 0.3) is 5.91 Å². The van der Waals surface area contributed by atoms with Crippen LogP contribution in [0.3, 0.4) is 0 Å². The number of fused-ring (bicyclic) bond motifs is 1. The van der Waals surface area contributed by atoms with Crippen molar-refractivity contribution in [2.45, 2.75) is 52.0 Å². The van der Waals surface area contributed by atoms with Crippen molar-refractivity contribution in [1.29, 1.82) is 0 Å². The number of H-pyrrole nitrogens is 1. The van der Waals surface area contributed by atoms with E-state index >= 15 is 0 Å². The summed E-state index contributed by atoms with van der Waals surface area (Å²) in [6, 6.07) is 5.86. The average Bonchev–Trinajstić information content (AvgIpc) is 2.92. The van der Waals surface area contributed by atoms with Gasteiger partial charge >= 0.3 is 0 Å². The van der Waals surface area contributed by atoms with Gasteiger partial charge in [-0.05, 0) is 31.0 Å². The highest BCUT2D eigenvalue weighted by atomic mass is 16.1. The zero-order valence-corrected chi connectivity index (χ0v) is 12.3. The number of aromatic nitrogens is 2. The lowest BCUT2D eigenvalue weighted by atomic mass is 10.0. The minimum absolute atomic E-state index is 0.0102. The fourth-order valence-electron chi connectivity index (χ4n) is 2.43. The van der Waals surface area contributed by atoms with Crippen LogP contribution in [0, 0.1) is 0 Å². The molecule has 0 saturated heterocycles. The van der Waals surface area contributed by atoms with Gasteiger partial charge in [0.2, 0.25) is 0 Å². The quantitative estimate of drug-likeness (QED) is 0.809. The molecule has 1 heterocycles. The molecule has 0 aliphatic heterocycles. The average molecular weight is 273 g/mol. The molecule has 2 aromatic rings. The summed E-state index contributed by atoms with van der Waals surface area (Å²) in [4.78, 5) is 19.5. The van der Waals surface area contributed by atoms with E-state index in [1.807, 2.05) is 18.2 Å². The summed E-state index contributed by atoms with van der Waals surface area (Å²) in [7, 11) is 0. The Balaban J connectivity index is 2.04. The Hall–Kier alpha value is -1.84. The summed E-state index contributed by atoms with van der Waals surface area (Å²) >= 11 is 0. The molecular formula is C16H23N3O. The van der Waals surface area contributed by atoms with Crippen molar-refractivity contribution in [3.8, 4) is 0 Å². The summed E-state index contributed by atoms with van der Waals surface area (Å²) in [5, 5.41) is 3.15. The van der Waals surface area contributed by atoms with Crippen LogP contribution in [0.5, 0.6) is 0 Å². The molecule has 2 rings (SSSR count). The van der Waals surface area contributed by atoms with Gasteiger partial charge in [-0.25, -0.2) is 4.98 Å². The third-order valence-corrected chi connectivity index (χ3v) is 3.56. The number of carbonyl (C=O) groups excluding carboxylic acids is 1. The van der Waals surface area contributed by atoms with Crippen molar-refractivity contribution in [2.24, 2.45) is 0 Å². The molecule has 1 amide bonds. The van der Waals surface area contributed by atoms with Crippen molar-refractivity contribution in [3.05, 3.63) is 30.1 Å². The number of amides is 1. The minimum Gasteiger partial charge on any atom is -0.349 e.